The van der Waals surface area contributed by atoms with Crippen molar-refractivity contribution in [3.8, 4) is 0 Å². The Morgan fingerprint density at radius 2 is 2.07 bits per heavy atom. The molecule has 1 saturated heterocycles. The first-order valence-corrected chi connectivity index (χ1v) is 11.3. The molecular formula is C19H25N5O4S. The fourth-order valence-corrected chi connectivity index (χ4v) is 5.27. The van der Waals surface area contributed by atoms with Crippen molar-refractivity contribution >= 4 is 21.7 Å². The standard InChI is InChI=1S/C19H25N5O4S/c1-12-9-14(22-19(25)16-10-17(28-23-16)13-3-4-13)7-8-24(12)29(26,27)15-5-6-18(20-2)21-11-15/h5-6,10-14H,3-4,7-9H2,1-2H3,(H,20,21)(H,22,25)/t12-,14-/m0/s1. The van der Waals surface area contributed by atoms with E-state index in [-0.39, 0.29) is 28.6 Å². The maximum absolute atomic E-state index is 13.0. The van der Waals surface area contributed by atoms with E-state index >= 15 is 0 Å². The van der Waals surface area contributed by atoms with Crippen molar-refractivity contribution in [2.45, 2.75) is 55.5 Å². The minimum atomic E-state index is -3.64. The summed E-state index contributed by atoms with van der Waals surface area (Å²) in [5.41, 5.74) is 0.283. The summed E-state index contributed by atoms with van der Waals surface area (Å²) in [6.45, 7) is 2.18. The van der Waals surface area contributed by atoms with Crippen molar-refractivity contribution < 1.29 is 17.7 Å². The van der Waals surface area contributed by atoms with Crippen LogP contribution < -0.4 is 10.6 Å². The number of sulfonamides is 1. The Morgan fingerprint density at radius 3 is 2.69 bits per heavy atom. The summed E-state index contributed by atoms with van der Waals surface area (Å²) >= 11 is 0. The van der Waals surface area contributed by atoms with E-state index in [1.165, 1.54) is 10.5 Å². The highest BCUT2D eigenvalue weighted by Crippen LogP contribution is 2.40. The van der Waals surface area contributed by atoms with E-state index in [0.29, 0.717) is 31.1 Å². The van der Waals surface area contributed by atoms with Crippen LogP contribution in [0.15, 0.2) is 33.8 Å². The highest BCUT2D eigenvalue weighted by molar-refractivity contribution is 7.89. The Labute approximate surface area is 169 Å². The molecule has 156 valence electrons. The van der Waals surface area contributed by atoms with Gasteiger partial charge in [0.25, 0.3) is 5.91 Å². The van der Waals surface area contributed by atoms with Gasteiger partial charge in [-0.15, -0.1) is 0 Å². The van der Waals surface area contributed by atoms with E-state index in [1.54, 1.807) is 25.2 Å². The van der Waals surface area contributed by atoms with Gasteiger partial charge >= 0.3 is 0 Å². The topological polar surface area (TPSA) is 117 Å². The van der Waals surface area contributed by atoms with Crippen molar-refractivity contribution in [1.82, 2.24) is 19.8 Å². The van der Waals surface area contributed by atoms with Crippen LogP contribution in [0.1, 0.15) is 54.8 Å². The molecule has 1 aliphatic carbocycles. The number of hydrogen-bond donors (Lipinski definition) is 2. The second-order valence-electron chi connectivity index (χ2n) is 7.68. The van der Waals surface area contributed by atoms with Crippen LogP contribution in [-0.4, -0.2) is 54.4 Å². The first-order valence-electron chi connectivity index (χ1n) is 9.81. The molecule has 1 amide bonds. The van der Waals surface area contributed by atoms with Crippen molar-refractivity contribution in [2.24, 2.45) is 0 Å². The Balaban J connectivity index is 1.38. The number of carbonyl (C=O) groups excluding carboxylic acids is 1. The fraction of sp³-hybridized carbons (Fsp3) is 0.526. The first kappa shape index (κ1) is 19.8. The third kappa shape index (κ3) is 4.13. The van der Waals surface area contributed by atoms with Gasteiger partial charge in [0, 0.05) is 43.9 Å². The Morgan fingerprint density at radius 1 is 1.28 bits per heavy atom. The number of rotatable bonds is 6. The van der Waals surface area contributed by atoms with E-state index in [4.69, 9.17) is 4.52 Å². The molecule has 0 aromatic carbocycles. The largest absolute Gasteiger partial charge is 0.373 e. The van der Waals surface area contributed by atoms with Crippen LogP contribution in [0.3, 0.4) is 0 Å². The van der Waals surface area contributed by atoms with E-state index < -0.39 is 10.0 Å². The second kappa shape index (κ2) is 7.75. The normalized spacial score (nSPS) is 23.0. The maximum Gasteiger partial charge on any atom is 0.273 e. The average molecular weight is 420 g/mol. The number of piperidine rings is 1. The smallest absolute Gasteiger partial charge is 0.273 e. The van der Waals surface area contributed by atoms with E-state index in [0.717, 1.165) is 18.6 Å². The molecule has 0 unspecified atom stereocenters. The van der Waals surface area contributed by atoms with Gasteiger partial charge in [-0.1, -0.05) is 5.16 Å². The van der Waals surface area contributed by atoms with Crippen LogP contribution in [0.25, 0.3) is 0 Å². The minimum absolute atomic E-state index is 0.116. The maximum atomic E-state index is 13.0. The van der Waals surface area contributed by atoms with Crippen LogP contribution in [0.4, 0.5) is 5.82 Å². The summed E-state index contributed by atoms with van der Waals surface area (Å²) in [6.07, 6.45) is 4.58. The summed E-state index contributed by atoms with van der Waals surface area (Å²) in [7, 11) is -1.91. The summed E-state index contributed by atoms with van der Waals surface area (Å²) in [4.78, 5) is 16.7. The van der Waals surface area contributed by atoms with Crippen molar-refractivity contribution in [3.63, 3.8) is 0 Å². The molecule has 2 aromatic heterocycles. The lowest BCUT2D eigenvalue weighted by Crippen LogP contribution is -2.50. The lowest BCUT2D eigenvalue weighted by atomic mass is 10.0. The van der Waals surface area contributed by atoms with Crippen molar-refractivity contribution in [2.75, 3.05) is 18.9 Å². The van der Waals surface area contributed by atoms with Crippen LogP contribution in [0.5, 0.6) is 0 Å². The quantitative estimate of drug-likeness (QED) is 0.735. The van der Waals surface area contributed by atoms with Gasteiger partial charge in [-0.25, -0.2) is 13.4 Å². The monoisotopic (exact) mass is 419 g/mol. The number of nitrogens with one attached hydrogen (secondary N) is 2. The highest BCUT2D eigenvalue weighted by atomic mass is 32.2. The van der Waals surface area contributed by atoms with Crippen LogP contribution in [0.2, 0.25) is 0 Å². The van der Waals surface area contributed by atoms with Gasteiger partial charge in [-0.3, -0.25) is 4.79 Å². The molecule has 10 heteroatoms. The molecule has 0 spiro atoms. The molecule has 29 heavy (non-hydrogen) atoms. The molecule has 2 N–H and O–H groups in total. The molecule has 4 rings (SSSR count). The number of nitrogens with zero attached hydrogens (tertiary/aromatic N) is 3. The van der Waals surface area contributed by atoms with Gasteiger partial charge in [0.2, 0.25) is 10.0 Å². The zero-order chi connectivity index (χ0) is 20.6. The first-order chi connectivity index (χ1) is 13.9. The van der Waals surface area contributed by atoms with E-state index in [9.17, 15) is 13.2 Å². The molecule has 0 bridgehead atoms. The zero-order valence-corrected chi connectivity index (χ0v) is 17.3. The van der Waals surface area contributed by atoms with Gasteiger partial charge in [-0.2, -0.15) is 4.31 Å². The molecule has 9 nitrogen and oxygen atoms in total. The number of pyridine rings is 1. The zero-order valence-electron chi connectivity index (χ0n) is 16.5. The average Bonchev–Trinajstić information content (AvgIpc) is 3.44. The van der Waals surface area contributed by atoms with Gasteiger partial charge in [0.15, 0.2) is 5.69 Å². The number of aromatic nitrogens is 2. The third-order valence-electron chi connectivity index (χ3n) is 5.49. The number of hydrogen-bond acceptors (Lipinski definition) is 7. The second-order valence-corrected chi connectivity index (χ2v) is 9.57. The van der Waals surface area contributed by atoms with Gasteiger partial charge in [-0.05, 0) is 44.7 Å². The fourth-order valence-electron chi connectivity index (χ4n) is 3.67. The minimum Gasteiger partial charge on any atom is -0.373 e. The highest BCUT2D eigenvalue weighted by Gasteiger charge is 2.36. The summed E-state index contributed by atoms with van der Waals surface area (Å²) < 4.78 is 32.7. The SMILES string of the molecule is CNc1ccc(S(=O)(=O)N2CC[C@H](NC(=O)c3cc(C4CC4)on3)C[C@@H]2C)cn1. The molecular weight excluding hydrogens is 394 g/mol. The van der Waals surface area contributed by atoms with Gasteiger partial charge in [0.1, 0.15) is 16.5 Å². The summed E-state index contributed by atoms with van der Waals surface area (Å²) in [5.74, 6) is 1.49. The molecule has 1 saturated carbocycles. The molecule has 2 aromatic rings. The van der Waals surface area contributed by atoms with Crippen molar-refractivity contribution in [3.05, 3.63) is 35.9 Å². The molecule has 2 aliphatic rings. The lowest BCUT2D eigenvalue weighted by Gasteiger charge is -2.36. The Kier molecular flexibility index (Phi) is 5.30. The van der Waals surface area contributed by atoms with E-state index in [2.05, 4.69) is 20.8 Å². The number of anilines is 1. The summed E-state index contributed by atoms with van der Waals surface area (Å²) in [5, 5.41) is 9.70. The number of carbonyl (C=O) groups is 1. The molecule has 2 fully saturated rings. The molecule has 0 radical (unpaired) electrons. The van der Waals surface area contributed by atoms with Crippen LogP contribution in [-0.2, 0) is 10.0 Å². The van der Waals surface area contributed by atoms with Gasteiger partial charge in [0.05, 0.1) is 0 Å². The number of amides is 1. The predicted octanol–water partition coefficient (Wildman–Crippen LogP) is 1.96. The van der Waals surface area contributed by atoms with E-state index in [1.807, 2.05) is 6.92 Å². The Hall–Kier alpha value is -2.46. The third-order valence-corrected chi connectivity index (χ3v) is 7.49. The lowest BCUT2D eigenvalue weighted by molar-refractivity contribution is 0.0905. The molecule has 2 atom stereocenters. The Bertz CT molecular complexity index is 984. The van der Waals surface area contributed by atoms with Crippen LogP contribution >= 0.6 is 0 Å². The van der Waals surface area contributed by atoms with Gasteiger partial charge < -0.3 is 15.2 Å². The predicted molar refractivity (Wildman–Crippen MR) is 106 cm³/mol. The summed E-state index contributed by atoms with van der Waals surface area (Å²) in [6, 6.07) is 4.53. The van der Waals surface area contributed by atoms with Crippen molar-refractivity contribution in [1.29, 1.82) is 0 Å². The molecule has 3 heterocycles. The van der Waals surface area contributed by atoms with Crippen LogP contribution in [0, 0.1) is 0 Å². The molecule has 1 aliphatic heterocycles.